The number of aliphatic hydroxyl groups excluding tert-OH is 1. The van der Waals surface area contributed by atoms with Crippen LogP contribution in [0.2, 0.25) is 0 Å². The van der Waals surface area contributed by atoms with E-state index in [1.165, 1.54) is 12.1 Å². The fourth-order valence-corrected chi connectivity index (χ4v) is 4.21. The minimum Gasteiger partial charge on any atom is -0.491 e. The van der Waals surface area contributed by atoms with Gasteiger partial charge in [-0.05, 0) is 50.6 Å². The van der Waals surface area contributed by atoms with Crippen molar-refractivity contribution in [1.82, 2.24) is 10.6 Å². The lowest BCUT2D eigenvalue weighted by molar-refractivity contribution is -0.0194. The van der Waals surface area contributed by atoms with Crippen LogP contribution in [0, 0.1) is 0 Å². The lowest BCUT2D eigenvalue weighted by atomic mass is 9.88. The van der Waals surface area contributed by atoms with Gasteiger partial charge in [0.15, 0.2) is 9.84 Å². The maximum absolute atomic E-state index is 11.6. The summed E-state index contributed by atoms with van der Waals surface area (Å²) < 4.78 is 34.7. The number of hydrogen-bond donors (Lipinski definition) is 3. The van der Waals surface area contributed by atoms with Crippen LogP contribution < -0.4 is 15.4 Å². The van der Waals surface area contributed by atoms with Gasteiger partial charge in [0.2, 0.25) is 0 Å². The largest absolute Gasteiger partial charge is 0.491 e. The molecule has 3 N–H and O–H groups in total. The van der Waals surface area contributed by atoms with Crippen LogP contribution in [-0.4, -0.2) is 70.4 Å². The van der Waals surface area contributed by atoms with Gasteiger partial charge in [-0.15, -0.1) is 0 Å². The lowest BCUT2D eigenvalue weighted by Gasteiger charge is -2.33. The van der Waals surface area contributed by atoms with E-state index in [9.17, 15) is 13.5 Å². The number of sulfone groups is 1. The molecule has 2 atom stereocenters. The van der Waals surface area contributed by atoms with Crippen LogP contribution in [0.15, 0.2) is 29.2 Å². The summed E-state index contributed by atoms with van der Waals surface area (Å²) in [5.74, 6) is 0.435. The summed E-state index contributed by atoms with van der Waals surface area (Å²) in [6, 6.07) is 6.56. The smallest absolute Gasteiger partial charge is 0.175 e. The molecule has 0 radical (unpaired) electrons. The van der Waals surface area contributed by atoms with E-state index in [2.05, 4.69) is 10.6 Å². The van der Waals surface area contributed by atoms with Crippen molar-refractivity contribution >= 4 is 9.84 Å². The summed E-state index contributed by atoms with van der Waals surface area (Å²) >= 11 is 0. The van der Waals surface area contributed by atoms with Gasteiger partial charge in [-0.2, -0.15) is 0 Å². The first-order valence-corrected chi connectivity index (χ1v) is 10.9. The molecule has 0 bridgehead atoms. The molecular weight excluding hydrogens is 356 g/mol. The van der Waals surface area contributed by atoms with Gasteiger partial charge in [0, 0.05) is 18.8 Å². The first-order chi connectivity index (χ1) is 12.4. The van der Waals surface area contributed by atoms with Gasteiger partial charge in [-0.3, -0.25) is 0 Å². The minimum atomic E-state index is -3.27. The number of ether oxygens (including phenoxy) is 2. The molecule has 1 spiro atoms. The molecule has 0 aliphatic carbocycles. The van der Waals surface area contributed by atoms with Gasteiger partial charge in [0.1, 0.15) is 18.5 Å². The molecule has 1 aromatic carbocycles. The van der Waals surface area contributed by atoms with Crippen molar-refractivity contribution < 1.29 is 23.0 Å². The van der Waals surface area contributed by atoms with Gasteiger partial charge >= 0.3 is 0 Å². The molecule has 1 aromatic rings. The first-order valence-electron chi connectivity index (χ1n) is 9.05. The van der Waals surface area contributed by atoms with E-state index in [-0.39, 0.29) is 23.1 Å². The van der Waals surface area contributed by atoms with Crippen molar-refractivity contribution in [3.8, 4) is 5.75 Å². The standard InChI is InChI=1S/C18H28N2O5S/c1-26(22,23)17-4-2-3-16(9-17)24-13-15(21)11-20-14-10-18(25-12-14)5-7-19-8-6-18/h2-4,9,14-15,19-21H,5-8,10-13H2,1H3. The Morgan fingerprint density at radius 1 is 1.42 bits per heavy atom. The molecule has 2 unspecified atom stereocenters. The van der Waals surface area contributed by atoms with E-state index in [0.717, 1.165) is 38.6 Å². The fraction of sp³-hybridized carbons (Fsp3) is 0.667. The highest BCUT2D eigenvalue weighted by atomic mass is 32.2. The second-order valence-electron chi connectivity index (χ2n) is 7.27. The predicted octanol–water partition coefficient (Wildman–Crippen LogP) is 0.331. The monoisotopic (exact) mass is 384 g/mol. The molecule has 2 aliphatic rings. The van der Waals surface area contributed by atoms with Crippen LogP contribution in [0.1, 0.15) is 19.3 Å². The molecule has 0 aromatic heterocycles. The van der Waals surface area contributed by atoms with Crippen molar-refractivity contribution in [2.75, 3.05) is 39.1 Å². The molecule has 8 heteroatoms. The molecular formula is C18H28N2O5S. The topological polar surface area (TPSA) is 96.9 Å². The highest BCUT2D eigenvalue weighted by molar-refractivity contribution is 7.90. The third kappa shape index (κ3) is 5.17. The van der Waals surface area contributed by atoms with Crippen molar-refractivity contribution in [3.05, 3.63) is 24.3 Å². The molecule has 3 rings (SSSR count). The Balaban J connectivity index is 1.42. The molecule has 2 fully saturated rings. The number of hydrogen-bond acceptors (Lipinski definition) is 7. The van der Waals surface area contributed by atoms with Crippen LogP contribution in [0.25, 0.3) is 0 Å². The highest BCUT2D eigenvalue weighted by Gasteiger charge is 2.40. The lowest BCUT2D eigenvalue weighted by Crippen LogP contribution is -2.43. The van der Waals surface area contributed by atoms with Crippen molar-refractivity contribution in [1.29, 1.82) is 0 Å². The van der Waals surface area contributed by atoms with Gasteiger partial charge in [-0.25, -0.2) is 8.42 Å². The third-order valence-corrected chi connectivity index (χ3v) is 6.15. The number of nitrogens with one attached hydrogen (secondary N) is 2. The SMILES string of the molecule is CS(=O)(=O)c1cccc(OCC(O)CNC2COC3(CCNCC3)C2)c1. The maximum Gasteiger partial charge on any atom is 0.175 e. The fourth-order valence-electron chi connectivity index (χ4n) is 3.55. The predicted molar refractivity (Wildman–Crippen MR) is 98.2 cm³/mol. The maximum atomic E-state index is 11.6. The van der Waals surface area contributed by atoms with Gasteiger partial charge in [-0.1, -0.05) is 6.07 Å². The summed E-state index contributed by atoms with van der Waals surface area (Å²) in [7, 11) is -3.27. The Kier molecular flexibility index (Phi) is 6.19. The molecule has 0 saturated carbocycles. The Morgan fingerprint density at radius 3 is 2.92 bits per heavy atom. The molecule has 2 heterocycles. The van der Waals surface area contributed by atoms with Gasteiger partial charge in [0.25, 0.3) is 0 Å². The Hall–Kier alpha value is -1.19. The van der Waals surface area contributed by atoms with E-state index >= 15 is 0 Å². The average molecular weight is 384 g/mol. The van der Waals surface area contributed by atoms with Crippen LogP contribution in [0.4, 0.5) is 0 Å². The summed E-state index contributed by atoms with van der Waals surface area (Å²) in [6.07, 6.45) is 3.52. The van der Waals surface area contributed by atoms with Crippen molar-refractivity contribution in [2.45, 2.75) is 41.9 Å². The molecule has 0 amide bonds. The van der Waals surface area contributed by atoms with Crippen molar-refractivity contribution in [2.24, 2.45) is 0 Å². The van der Waals surface area contributed by atoms with Gasteiger partial charge in [0.05, 0.1) is 17.1 Å². The molecule has 7 nitrogen and oxygen atoms in total. The normalized spacial score (nSPS) is 23.8. The molecule has 2 aliphatic heterocycles. The summed E-state index contributed by atoms with van der Waals surface area (Å²) in [5, 5.41) is 16.9. The number of rotatable bonds is 7. The number of piperidine rings is 1. The minimum absolute atomic E-state index is 0.00352. The Labute approximate surface area is 155 Å². The van der Waals surface area contributed by atoms with E-state index in [1.54, 1.807) is 12.1 Å². The van der Waals surface area contributed by atoms with Crippen LogP contribution in [0.3, 0.4) is 0 Å². The third-order valence-electron chi connectivity index (χ3n) is 5.04. The average Bonchev–Trinajstić information content (AvgIpc) is 3.01. The Morgan fingerprint density at radius 2 is 2.19 bits per heavy atom. The zero-order chi connectivity index (χ0) is 18.6. The number of aliphatic hydroxyl groups is 1. The molecule has 26 heavy (non-hydrogen) atoms. The van der Waals surface area contributed by atoms with Crippen LogP contribution in [0.5, 0.6) is 5.75 Å². The highest BCUT2D eigenvalue weighted by Crippen LogP contribution is 2.33. The Bertz CT molecular complexity index is 703. The van der Waals surface area contributed by atoms with E-state index in [1.807, 2.05) is 0 Å². The quantitative estimate of drug-likeness (QED) is 0.623. The summed E-state index contributed by atoms with van der Waals surface area (Å²) in [5.41, 5.74) is -0.00352. The van der Waals surface area contributed by atoms with E-state index < -0.39 is 15.9 Å². The van der Waals surface area contributed by atoms with Crippen LogP contribution in [-0.2, 0) is 14.6 Å². The van der Waals surface area contributed by atoms with E-state index in [4.69, 9.17) is 9.47 Å². The summed E-state index contributed by atoms with van der Waals surface area (Å²) in [6.45, 7) is 3.17. The van der Waals surface area contributed by atoms with Gasteiger partial charge < -0.3 is 25.2 Å². The second-order valence-corrected chi connectivity index (χ2v) is 9.28. The van der Waals surface area contributed by atoms with Crippen molar-refractivity contribution in [3.63, 3.8) is 0 Å². The van der Waals surface area contributed by atoms with E-state index in [0.29, 0.717) is 18.9 Å². The zero-order valence-electron chi connectivity index (χ0n) is 15.1. The first kappa shape index (κ1) is 19.6. The number of benzene rings is 1. The zero-order valence-corrected chi connectivity index (χ0v) is 15.9. The molecule has 146 valence electrons. The summed E-state index contributed by atoms with van der Waals surface area (Å²) in [4.78, 5) is 0.206. The second kappa shape index (κ2) is 8.22. The van der Waals surface area contributed by atoms with Crippen LogP contribution >= 0.6 is 0 Å². The molecule has 2 saturated heterocycles.